The Labute approximate surface area is 207 Å². The Hall–Kier alpha value is -3.91. The molecular formula is C27H25N3O4S. The molecule has 0 aliphatic carbocycles. The third kappa shape index (κ3) is 6.16. The average molecular weight is 488 g/mol. The molecule has 4 rings (SSSR count). The maximum Gasteiger partial charge on any atom is 0.316 e. The molecule has 0 spiro atoms. The van der Waals surface area contributed by atoms with Crippen molar-refractivity contribution in [3.8, 4) is 0 Å². The molecule has 1 N–H and O–H groups in total. The zero-order chi connectivity index (χ0) is 24.6. The number of hydrogen-bond acceptors (Lipinski definition) is 6. The standard InChI is InChI=1S/C27H25N3O4S/c1-2-34-24(31)18-35-27-29-23-15-21(25(32)28-16-19-9-5-3-6-10-19)13-14-22(23)26(33)30(27)17-20-11-7-4-8-12-20/h3-15H,2,16-18H2,1H3,(H,28,32). The molecule has 0 saturated carbocycles. The van der Waals surface area contributed by atoms with Gasteiger partial charge in [0.25, 0.3) is 11.5 Å². The second-order valence-corrected chi connectivity index (χ2v) is 8.71. The highest BCUT2D eigenvalue weighted by Crippen LogP contribution is 2.20. The van der Waals surface area contributed by atoms with E-state index in [2.05, 4.69) is 10.3 Å². The number of amides is 1. The predicted octanol–water partition coefficient (Wildman–Crippen LogP) is 4.03. The molecule has 0 aliphatic heterocycles. The van der Waals surface area contributed by atoms with Crippen LogP contribution in [0, 0.1) is 0 Å². The Kier molecular flexibility index (Phi) is 7.95. The lowest BCUT2D eigenvalue weighted by atomic mass is 10.1. The number of rotatable bonds is 9. The van der Waals surface area contributed by atoms with Gasteiger partial charge in [-0.1, -0.05) is 72.4 Å². The predicted molar refractivity (Wildman–Crippen MR) is 137 cm³/mol. The molecule has 7 nitrogen and oxygen atoms in total. The van der Waals surface area contributed by atoms with Crippen molar-refractivity contribution in [2.24, 2.45) is 0 Å². The molecule has 0 unspecified atom stereocenters. The van der Waals surface area contributed by atoms with Crippen LogP contribution in [0.15, 0.2) is 88.8 Å². The van der Waals surface area contributed by atoms with Gasteiger partial charge in [0.2, 0.25) is 0 Å². The van der Waals surface area contributed by atoms with Crippen LogP contribution in [0.1, 0.15) is 28.4 Å². The molecule has 0 saturated heterocycles. The van der Waals surface area contributed by atoms with Crippen molar-refractivity contribution >= 4 is 34.5 Å². The molecule has 0 fully saturated rings. The number of carbonyl (C=O) groups excluding carboxylic acids is 2. The lowest BCUT2D eigenvalue weighted by molar-refractivity contribution is -0.139. The number of nitrogens with zero attached hydrogens (tertiary/aromatic N) is 2. The minimum Gasteiger partial charge on any atom is -0.465 e. The summed E-state index contributed by atoms with van der Waals surface area (Å²) in [6, 6.07) is 24.1. The van der Waals surface area contributed by atoms with Gasteiger partial charge in [0.15, 0.2) is 5.16 Å². The highest BCUT2D eigenvalue weighted by Gasteiger charge is 2.16. The molecule has 1 aromatic heterocycles. The van der Waals surface area contributed by atoms with Gasteiger partial charge in [-0.2, -0.15) is 0 Å². The van der Waals surface area contributed by atoms with Crippen LogP contribution in [0.25, 0.3) is 10.9 Å². The number of ether oxygens (including phenoxy) is 1. The molecule has 0 atom stereocenters. The summed E-state index contributed by atoms with van der Waals surface area (Å²) in [7, 11) is 0. The van der Waals surface area contributed by atoms with Crippen LogP contribution < -0.4 is 10.9 Å². The number of hydrogen-bond donors (Lipinski definition) is 1. The number of esters is 1. The third-order valence-electron chi connectivity index (χ3n) is 5.29. The van der Waals surface area contributed by atoms with Gasteiger partial charge in [-0.25, -0.2) is 4.98 Å². The second kappa shape index (κ2) is 11.5. The monoisotopic (exact) mass is 487 g/mol. The minimum atomic E-state index is -0.382. The molecule has 1 amide bonds. The molecule has 3 aromatic carbocycles. The number of benzene rings is 3. The van der Waals surface area contributed by atoms with Crippen LogP contribution in [0.4, 0.5) is 0 Å². The lowest BCUT2D eigenvalue weighted by Crippen LogP contribution is -2.25. The van der Waals surface area contributed by atoms with Crippen molar-refractivity contribution in [2.75, 3.05) is 12.4 Å². The van der Waals surface area contributed by atoms with Crippen molar-refractivity contribution in [1.82, 2.24) is 14.9 Å². The van der Waals surface area contributed by atoms with Gasteiger partial charge in [0.1, 0.15) is 0 Å². The summed E-state index contributed by atoms with van der Waals surface area (Å²) in [5.41, 5.74) is 2.49. The van der Waals surface area contributed by atoms with Crippen LogP contribution >= 0.6 is 11.8 Å². The van der Waals surface area contributed by atoms with Gasteiger partial charge in [0, 0.05) is 12.1 Å². The van der Waals surface area contributed by atoms with Crippen LogP contribution in [0.3, 0.4) is 0 Å². The van der Waals surface area contributed by atoms with Crippen LogP contribution in [-0.4, -0.2) is 33.8 Å². The quantitative estimate of drug-likeness (QED) is 0.218. The Bertz CT molecular complexity index is 1390. The van der Waals surface area contributed by atoms with Crippen molar-refractivity contribution in [3.63, 3.8) is 0 Å². The summed E-state index contributed by atoms with van der Waals surface area (Å²) >= 11 is 1.14. The fraction of sp³-hybridized carbons (Fsp3) is 0.185. The molecular weight excluding hydrogens is 462 g/mol. The first-order valence-corrected chi connectivity index (χ1v) is 12.2. The summed E-state index contributed by atoms with van der Waals surface area (Å²) in [5.74, 6) is -0.614. The van der Waals surface area contributed by atoms with E-state index < -0.39 is 0 Å². The van der Waals surface area contributed by atoms with Crippen molar-refractivity contribution in [3.05, 3.63) is 106 Å². The van der Waals surface area contributed by atoms with Gasteiger partial charge in [-0.3, -0.25) is 19.0 Å². The van der Waals surface area contributed by atoms with E-state index in [1.807, 2.05) is 60.7 Å². The molecule has 35 heavy (non-hydrogen) atoms. The van der Waals surface area contributed by atoms with E-state index >= 15 is 0 Å². The Morgan fingerprint density at radius 1 is 0.971 bits per heavy atom. The van der Waals surface area contributed by atoms with E-state index in [0.717, 1.165) is 22.9 Å². The number of carbonyl (C=O) groups is 2. The summed E-state index contributed by atoms with van der Waals surface area (Å²) < 4.78 is 6.58. The number of aromatic nitrogens is 2. The fourth-order valence-corrected chi connectivity index (χ4v) is 4.36. The molecule has 4 aromatic rings. The topological polar surface area (TPSA) is 90.3 Å². The Balaban J connectivity index is 1.65. The Morgan fingerprint density at radius 3 is 2.34 bits per heavy atom. The van der Waals surface area contributed by atoms with Gasteiger partial charge >= 0.3 is 5.97 Å². The second-order valence-electron chi connectivity index (χ2n) is 7.77. The lowest BCUT2D eigenvalue weighted by Gasteiger charge is -2.14. The molecule has 0 radical (unpaired) electrons. The van der Waals surface area contributed by atoms with Crippen molar-refractivity contribution in [1.29, 1.82) is 0 Å². The highest BCUT2D eigenvalue weighted by atomic mass is 32.2. The number of nitrogens with one attached hydrogen (secondary N) is 1. The SMILES string of the molecule is CCOC(=O)CSc1nc2cc(C(=O)NCc3ccccc3)ccc2c(=O)n1Cc1ccccc1. The third-order valence-corrected chi connectivity index (χ3v) is 6.24. The van der Waals surface area contributed by atoms with E-state index in [1.54, 1.807) is 29.7 Å². The maximum atomic E-state index is 13.4. The van der Waals surface area contributed by atoms with E-state index in [0.29, 0.717) is 34.7 Å². The van der Waals surface area contributed by atoms with Gasteiger partial charge in [0.05, 0.1) is 29.8 Å². The smallest absolute Gasteiger partial charge is 0.316 e. The van der Waals surface area contributed by atoms with Crippen molar-refractivity contribution < 1.29 is 14.3 Å². The zero-order valence-corrected chi connectivity index (χ0v) is 20.1. The van der Waals surface area contributed by atoms with Crippen LogP contribution in [0.5, 0.6) is 0 Å². The normalized spacial score (nSPS) is 10.8. The number of fused-ring (bicyclic) bond motifs is 1. The first-order valence-electron chi connectivity index (χ1n) is 11.2. The van der Waals surface area contributed by atoms with Gasteiger partial charge in [-0.15, -0.1) is 0 Å². The molecule has 8 heteroatoms. The molecule has 0 aliphatic rings. The zero-order valence-electron chi connectivity index (χ0n) is 19.3. The maximum absolute atomic E-state index is 13.4. The number of thioether (sulfide) groups is 1. The average Bonchev–Trinajstić information content (AvgIpc) is 2.89. The Morgan fingerprint density at radius 2 is 1.66 bits per heavy atom. The molecule has 178 valence electrons. The summed E-state index contributed by atoms with van der Waals surface area (Å²) in [6.45, 7) is 2.73. The van der Waals surface area contributed by atoms with Crippen LogP contribution in [-0.2, 0) is 22.6 Å². The fourth-order valence-electron chi connectivity index (χ4n) is 3.56. The summed E-state index contributed by atoms with van der Waals surface area (Å²) in [4.78, 5) is 42.8. The van der Waals surface area contributed by atoms with Gasteiger partial charge in [-0.05, 0) is 36.2 Å². The first kappa shape index (κ1) is 24.2. The van der Waals surface area contributed by atoms with E-state index in [4.69, 9.17) is 4.74 Å². The molecule has 1 heterocycles. The van der Waals surface area contributed by atoms with Crippen molar-refractivity contribution in [2.45, 2.75) is 25.2 Å². The van der Waals surface area contributed by atoms with Gasteiger partial charge < -0.3 is 10.1 Å². The van der Waals surface area contributed by atoms with Crippen LogP contribution in [0.2, 0.25) is 0 Å². The van der Waals surface area contributed by atoms with E-state index in [-0.39, 0.29) is 29.8 Å². The summed E-state index contributed by atoms with van der Waals surface area (Å²) in [5, 5.41) is 3.68. The largest absolute Gasteiger partial charge is 0.465 e. The van der Waals surface area contributed by atoms with E-state index in [1.165, 1.54) is 0 Å². The molecule has 0 bridgehead atoms. The highest BCUT2D eigenvalue weighted by molar-refractivity contribution is 7.99. The first-order chi connectivity index (χ1) is 17.0. The van der Waals surface area contributed by atoms with E-state index in [9.17, 15) is 14.4 Å². The minimum absolute atomic E-state index is 0.0256. The summed E-state index contributed by atoms with van der Waals surface area (Å²) in [6.07, 6.45) is 0.